The lowest BCUT2D eigenvalue weighted by Crippen LogP contribution is -2.34. The summed E-state index contributed by atoms with van der Waals surface area (Å²) >= 11 is 15.2. The molecule has 0 aliphatic carbocycles. The average molecular weight is 766 g/mol. The van der Waals surface area contributed by atoms with E-state index in [2.05, 4.69) is 16.0 Å². The maximum atomic E-state index is 13.6. The maximum absolute atomic E-state index is 13.6. The van der Waals surface area contributed by atoms with E-state index in [9.17, 15) is 24.0 Å². The first-order valence-electron chi connectivity index (χ1n) is 15.9. The van der Waals surface area contributed by atoms with Crippen molar-refractivity contribution in [2.45, 2.75) is 43.4 Å². The highest BCUT2D eigenvalue weighted by molar-refractivity contribution is 8.00. The summed E-state index contributed by atoms with van der Waals surface area (Å²) in [6.07, 6.45) is 2.39. The highest BCUT2D eigenvalue weighted by atomic mass is 35.5. The molecule has 14 heteroatoms. The number of esters is 1. The molecule has 5 rings (SSSR count). The predicted octanol–water partition coefficient (Wildman–Crippen LogP) is 7.67. The van der Waals surface area contributed by atoms with E-state index in [0.717, 1.165) is 10.4 Å². The summed E-state index contributed by atoms with van der Waals surface area (Å²) in [5, 5.41) is 8.80. The van der Waals surface area contributed by atoms with Crippen molar-refractivity contribution in [2.75, 3.05) is 24.3 Å². The molecular formula is C37H34Cl2N4O6S2. The molecule has 1 atom stereocenters. The average Bonchev–Trinajstić information content (AvgIpc) is 3.49. The largest absolute Gasteiger partial charge is 0.465 e. The van der Waals surface area contributed by atoms with Crippen LogP contribution in [0.2, 0.25) is 10.0 Å². The highest BCUT2D eigenvalue weighted by Crippen LogP contribution is 2.39. The number of amides is 4. The number of hydrogen-bond donors (Lipinski definition) is 3. The Labute approximate surface area is 313 Å². The van der Waals surface area contributed by atoms with Crippen LogP contribution in [0.5, 0.6) is 0 Å². The van der Waals surface area contributed by atoms with Crippen LogP contribution in [-0.2, 0) is 32.1 Å². The number of carbonyl (C=O) groups is 5. The van der Waals surface area contributed by atoms with Crippen molar-refractivity contribution in [3.63, 3.8) is 0 Å². The molecule has 2 heterocycles. The van der Waals surface area contributed by atoms with Crippen molar-refractivity contribution in [2.24, 2.45) is 0 Å². The molecule has 4 aromatic rings. The van der Waals surface area contributed by atoms with E-state index >= 15 is 0 Å². The minimum Gasteiger partial charge on any atom is -0.465 e. The summed E-state index contributed by atoms with van der Waals surface area (Å²) in [7, 11) is 1.29. The van der Waals surface area contributed by atoms with E-state index in [1.807, 2.05) is 13.0 Å². The normalized spacial score (nSPS) is 13.1. The van der Waals surface area contributed by atoms with Crippen molar-refractivity contribution in [1.82, 2.24) is 10.2 Å². The Bertz CT molecular complexity index is 2020. The van der Waals surface area contributed by atoms with Gasteiger partial charge in [-0.15, -0.1) is 23.1 Å². The first-order chi connectivity index (χ1) is 24.5. The minimum atomic E-state index is -0.609. The lowest BCUT2D eigenvalue weighted by Gasteiger charge is -2.25. The van der Waals surface area contributed by atoms with Crippen LogP contribution in [0.25, 0.3) is 6.08 Å². The molecule has 0 radical (unpaired) electrons. The van der Waals surface area contributed by atoms with Gasteiger partial charge in [0.05, 0.1) is 34.5 Å². The van der Waals surface area contributed by atoms with Crippen LogP contribution < -0.4 is 16.0 Å². The molecule has 0 saturated heterocycles. The van der Waals surface area contributed by atoms with E-state index in [0.29, 0.717) is 63.2 Å². The fourth-order valence-electron chi connectivity index (χ4n) is 5.33. The smallest absolute Gasteiger partial charge is 0.341 e. The number of benzene rings is 3. The van der Waals surface area contributed by atoms with Crippen molar-refractivity contribution in [3.05, 3.63) is 116 Å². The quantitative estimate of drug-likeness (QED) is 0.0811. The van der Waals surface area contributed by atoms with Gasteiger partial charge in [0.15, 0.2) is 0 Å². The van der Waals surface area contributed by atoms with Gasteiger partial charge in [0.1, 0.15) is 10.7 Å². The van der Waals surface area contributed by atoms with E-state index in [1.165, 1.54) is 43.2 Å². The van der Waals surface area contributed by atoms with Gasteiger partial charge in [-0.25, -0.2) is 4.79 Å². The number of thiophene rings is 1. The molecule has 10 nitrogen and oxygen atoms in total. The Kier molecular flexibility index (Phi) is 12.6. The molecule has 3 aromatic carbocycles. The van der Waals surface area contributed by atoms with Crippen LogP contribution in [0.1, 0.15) is 57.0 Å². The van der Waals surface area contributed by atoms with Gasteiger partial charge in [0, 0.05) is 34.5 Å². The lowest BCUT2D eigenvalue weighted by molar-refractivity contribution is -0.129. The predicted molar refractivity (Wildman–Crippen MR) is 202 cm³/mol. The third-order valence-corrected chi connectivity index (χ3v) is 11.3. The number of fused-ring (bicyclic) bond motifs is 1. The monoisotopic (exact) mass is 764 g/mol. The molecule has 1 unspecified atom stereocenters. The number of nitrogens with zero attached hydrogens (tertiary/aromatic N) is 1. The van der Waals surface area contributed by atoms with Gasteiger partial charge in [-0.3, -0.25) is 19.2 Å². The van der Waals surface area contributed by atoms with Crippen LogP contribution in [-0.4, -0.2) is 53.4 Å². The summed E-state index contributed by atoms with van der Waals surface area (Å²) in [5.74, 6) is -2.02. The number of rotatable bonds is 11. The van der Waals surface area contributed by atoms with Crippen LogP contribution >= 0.6 is 46.3 Å². The standard InChI is InChI=1S/C37H34Cl2N4O6S2/c1-4-29(35(47)42-36-31(37(48)49-3)26-16-17-43(21(2)44)20-30(26)51-36)50-25-14-9-13-24(19-25)40-34(46)28(18-23-12-8-15-27(38)32(23)39)41-33(45)22-10-6-5-7-11-22/h5-15,18-19,29H,4,16-17,20H2,1-3H3,(H,40,46)(H,41,45)(H,42,47)/b28-18+. The van der Waals surface area contributed by atoms with Gasteiger partial charge in [-0.2, -0.15) is 0 Å². The summed E-state index contributed by atoms with van der Waals surface area (Å²) < 4.78 is 5.05. The molecule has 0 saturated carbocycles. The molecule has 0 bridgehead atoms. The van der Waals surface area contributed by atoms with Crippen molar-refractivity contribution in [1.29, 1.82) is 0 Å². The minimum absolute atomic E-state index is 0.0604. The second-order valence-electron chi connectivity index (χ2n) is 11.4. The topological polar surface area (TPSA) is 134 Å². The number of thioether (sulfide) groups is 1. The number of ether oxygens (including phenoxy) is 1. The second-order valence-corrected chi connectivity index (χ2v) is 14.6. The molecule has 1 aliphatic heterocycles. The molecular weight excluding hydrogens is 731 g/mol. The van der Waals surface area contributed by atoms with Gasteiger partial charge in [0.2, 0.25) is 11.8 Å². The fraction of sp³-hybridized carbons (Fsp3) is 0.216. The Balaban J connectivity index is 1.33. The number of hydrogen-bond acceptors (Lipinski definition) is 8. The Hall–Kier alpha value is -4.62. The van der Waals surface area contributed by atoms with E-state index in [4.69, 9.17) is 27.9 Å². The van der Waals surface area contributed by atoms with Crippen LogP contribution in [0.4, 0.5) is 10.7 Å². The van der Waals surface area contributed by atoms with Gasteiger partial charge < -0.3 is 25.6 Å². The van der Waals surface area contributed by atoms with Gasteiger partial charge in [-0.05, 0) is 66.4 Å². The van der Waals surface area contributed by atoms with Crippen molar-refractivity contribution < 1.29 is 28.7 Å². The summed E-state index contributed by atoms with van der Waals surface area (Å²) in [5.41, 5.74) is 2.25. The molecule has 1 aliphatic rings. The summed E-state index contributed by atoms with van der Waals surface area (Å²) in [6, 6.07) is 20.4. The SMILES string of the molecule is CCC(Sc1cccc(NC(=O)/C(=C\c2cccc(Cl)c2Cl)NC(=O)c2ccccc2)c1)C(=O)Nc1sc2c(c1C(=O)OC)CCN(C(C)=O)C2. The fourth-order valence-corrected chi connectivity index (χ4v) is 7.96. The zero-order valence-electron chi connectivity index (χ0n) is 27.9. The number of halogens is 2. The lowest BCUT2D eigenvalue weighted by atomic mass is 10.0. The third kappa shape index (κ3) is 9.19. The molecule has 1 aromatic heterocycles. The van der Waals surface area contributed by atoms with Gasteiger partial charge in [-0.1, -0.05) is 66.5 Å². The summed E-state index contributed by atoms with van der Waals surface area (Å²) in [4.78, 5) is 68.3. The van der Waals surface area contributed by atoms with Crippen molar-refractivity contribution in [3.8, 4) is 0 Å². The molecule has 0 spiro atoms. The van der Waals surface area contributed by atoms with Crippen LogP contribution in [0, 0.1) is 0 Å². The molecule has 3 N–H and O–H groups in total. The van der Waals surface area contributed by atoms with Crippen LogP contribution in [0.15, 0.2) is 83.4 Å². The Morgan fingerprint density at radius 3 is 2.45 bits per heavy atom. The zero-order chi connectivity index (χ0) is 36.7. The molecule has 0 fully saturated rings. The second kappa shape index (κ2) is 17.1. The van der Waals surface area contributed by atoms with Crippen molar-refractivity contribution >= 4 is 92.7 Å². The first-order valence-corrected chi connectivity index (χ1v) is 18.3. The van der Waals surface area contributed by atoms with E-state index in [1.54, 1.807) is 71.6 Å². The van der Waals surface area contributed by atoms with E-state index in [-0.39, 0.29) is 22.5 Å². The summed E-state index contributed by atoms with van der Waals surface area (Å²) in [6.45, 7) is 4.21. The van der Waals surface area contributed by atoms with E-state index < -0.39 is 23.0 Å². The number of anilines is 2. The molecule has 51 heavy (non-hydrogen) atoms. The highest BCUT2D eigenvalue weighted by Gasteiger charge is 2.31. The van der Waals surface area contributed by atoms with Gasteiger partial charge in [0.25, 0.3) is 11.8 Å². The Morgan fingerprint density at radius 2 is 1.75 bits per heavy atom. The maximum Gasteiger partial charge on any atom is 0.341 e. The number of nitrogens with one attached hydrogen (secondary N) is 3. The number of carbonyl (C=O) groups excluding carboxylic acids is 5. The molecule has 264 valence electrons. The first kappa shape index (κ1) is 37.6. The zero-order valence-corrected chi connectivity index (χ0v) is 31.0. The van der Waals surface area contributed by atoms with Crippen LogP contribution in [0.3, 0.4) is 0 Å². The van der Waals surface area contributed by atoms with Gasteiger partial charge >= 0.3 is 5.97 Å². The Morgan fingerprint density at radius 1 is 1.00 bits per heavy atom. The number of methoxy groups -OCH3 is 1. The molecule has 4 amide bonds. The third-order valence-electron chi connectivity index (χ3n) is 7.97.